The maximum Gasteiger partial charge on any atom is 0.330 e. The largest absolute Gasteiger partial charge is 0.467 e. The van der Waals surface area contributed by atoms with Crippen LogP contribution in [0.1, 0.15) is 25.8 Å². The molecule has 0 radical (unpaired) electrons. The lowest BCUT2D eigenvalue weighted by Gasteiger charge is -2.28. The Kier molecular flexibility index (Phi) is 4.07. The van der Waals surface area contributed by atoms with E-state index in [2.05, 4.69) is 0 Å². The van der Waals surface area contributed by atoms with Crippen LogP contribution in [-0.2, 0) is 15.1 Å². The van der Waals surface area contributed by atoms with Gasteiger partial charge in [0, 0.05) is 0 Å². The number of hydrogen-bond donors (Lipinski definition) is 1. The van der Waals surface area contributed by atoms with Gasteiger partial charge in [0.15, 0.2) is 0 Å². The molecule has 1 aromatic carbocycles. The molecule has 1 unspecified atom stereocenters. The quantitative estimate of drug-likeness (QED) is 0.792. The van der Waals surface area contributed by atoms with Gasteiger partial charge < -0.3 is 10.5 Å². The maximum atomic E-state index is 11.8. The molecule has 0 aromatic heterocycles. The number of ether oxygens (including phenoxy) is 1. The Bertz CT molecular complexity index is 348. The molecule has 0 saturated heterocycles. The summed E-state index contributed by atoms with van der Waals surface area (Å²) in [6.45, 7) is 4.07. The fraction of sp³-hybridized carbons (Fsp3) is 0.462. The molecular weight excluding hydrogens is 202 g/mol. The first-order valence-corrected chi connectivity index (χ1v) is 5.43. The number of carbonyl (C=O) groups excluding carboxylic acids is 1. The van der Waals surface area contributed by atoms with E-state index in [4.69, 9.17) is 10.5 Å². The van der Waals surface area contributed by atoms with Gasteiger partial charge in [0.2, 0.25) is 0 Å². The highest BCUT2D eigenvalue weighted by Gasteiger charge is 2.37. The number of rotatable bonds is 4. The first-order chi connectivity index (χ1) is 7.50. The predicted molar refractivity (Wildman–Crippen MR) is 63.8 cm³/mol. The number of hydrogen-bond acceptors (Lipinski definition) is 3. The smallest absolute Gasteiger partial charge is 0.330 e. The standard InChI is InChI=1S/C13H19NO2/c1-10(2)9-13(14,12(15)16-3)11-7-5-4-6-8-11/h4-8,10H,9,14H2,1-3H3. The van der Waals surface area contributed by atoms with E-state index in [1.54, 1.807) is 0 Å². The fourth-order valence-electron chi connectivity index (χ4n) is 1.88. The molecule has 1 atom stereocenters. The third-order valence-electron chi connectivity index (χ3n) is 2.57. The highest BCUT2D eigenvalue weighted by atomic mass is 16.5. The molecule has 0 aliphatic carbocycles. The predicted octanol–water partition coefficient (Wildman–Crippen LogP) is 2.06. The SMILES string of the molecule is COC(=O)C(N)(CC(C)C)c1ccccc1. The van der Waals surface area contributed by atoms with Gasteiger partial charge in [-0.3, -0.25) is 0 Å². The van der Waals surface area contributed by atoms with Crippen molar-refractivity contribution in [2.24, 2.45) is 11.7 Å². The molecule has 88 valence electrons. The lowest BCUT2D eigenvalue weighted by molar-refractivity contribution is -0.148. The van der Waals surface area contributed by atoms with Crippen LogP contribution < -0.4 is 5.73 Å². The first kappa shape index (κ1) is 12.7. The van der Waals surface area contributed by atoms with Crippen molar-refractivity contribution < 1.29 is 9.53 Å². The summed E-state index contributed by atoms with van der Waals surface area (Å²) in [5.74, 6) is -0.0586. The van der Waals surface area contributed by atoms with Crippen LogP contribution >= 0.6 is 0 Å². The third kappa shape index (κ3) is 2.61. The molecule has 3 heteroatoms. The van der Waals surface area contributed by atoms with Crippen molar-refractivity contribution >= 4 is 5.97 Å². The molecule has 3 nitrogen and oxygen atoms in total. The molecule has 0 heterocycles. The third-order valence-corrected chi connectivity index (χ3v) is 2.57. The second-order valence-corrected chi connectivity index (χ2v) is 4.43. The van der Waals surface area contributed by atoms with E-state index in [-0.39, 0.29) is 5.97 Å². The molecule has 0 fully saturated rings. The average molecular weight is 221 g/mol. The Hall–Kier alpha value is -1.35. The van der Waals surface area contributed by atoms with Crippen molar-refractivity contribution in [2.75, 3.05) is 7.11 Å². The van der Waals surface area contributed by atoms with Crippen LogP contribution in [0.2, 0.25) is 0 Å². The van der Waals surface area contributed by atoms with Gasteiger partial charge in [0.25, 0.3) is 0 Å². The molecular formula is C13H19NO2. The number of esters is 1. The lowest BCUT2D eigenvalue weighted by atomic mass is 9.83. The van der Waals surface area contributed by atoms with Gasteiger partial charge in [-0.25, -0.2) is 4.79 Å². The van der Waals surface area contributed by atoms with E-state index in [0.29, 0.717) is 12.3 Å². The minimum atomic E-state index is -1.04. The van der Waals surface area contributed by atoms with E-state index in [1.165, 1.54) is 7.11 Å². The van der Waals surface area contributed by atoms with Crippen LogP contribution in [0.15, 0.2) is 30.3 Å². The zero-order chi connectivity index (χ0) is 12.2. The van der Waals surface area contributed by atoms with Crippen LogP contribution in [0.3, 0.4) is 0 Å². The van der Waals surface area contributed by atoms with Crippen molar-refractivity contribution in [3.05, 3.63) is 35.9 Å². The van der Waals surface area contributed by atoms with Gasteiger partial charge in [-0.1, -0.05) is 44.2 Å². The molecule has 0 aliphatic heterocycles. The van der Waals surface area contributed by atoms with E-state index in [9.17, 15) is 4.79 Å². The summed E-state index contributed by atoms with van der Waals surface area (Å²) in [4.78, 5) is 11.8. The molecule has 0 spiro atoms. The molecule has 0 aliphatic rings. The lowest BCUT2D eigenvalue weighted by Crippen LogP contribution is -2.46. The van der Waals surface area contributed by atoms with Gasteiger partial charge in [-0.15, -0.1) is 0 Å². The Morgan fingerprint density at radius 2 is 1.94 bits per heavy atom. The molecule has 16 heavy (non-hydrogen) atoms. The van der Waals surface area contributed by atoms with Gasteiger partial charge >= 0.3 is 5.97 Å². The molecule has 1 rings (SSSR count). The summed E-state index contributed by atoms with van der Waals surface area (Å²) in [6, 6.07) is 9.37. The number of nitrogens with two attached hydrogens (primary N) is 1. The Balaban J connectivity index is 3.09. The topological polar surface area (TPSA) is 52.3 Å². The van der Waals surface area contributed by atoms with Crippen LogP contribution in [0, 0.1) is 5.92 Å². The van der Waals surface area contributed by atoms with E-state index >= 15 is 0 Å². The van der Waals surface area contributed by atoms with Crippen molar-refractivity contribution in [2.45, 2.75) is 25.8 Å². The summed E-state index contributed by atoms with van der Waals surface area (Å²) in [7, 11) is 1.37. The van der Waals surface area contributed by atoms with Crippen LogP contribution in [0.5, 0.6) is 0 Å². The van der Waals surface area contributed by atoms with Crippen molar-refractivity contribution in [3.63, 3.8) is 0 Å². The Morgan fingerprint density at radius 1 is 1.38 bits per heavy atom. The fourth-order valence-corrected chi connectivity index (χ4v) is 1.88. The highest BCUT2D eigenvalue weighted by molar-refractivity contribution is 5.82. The second kappa shape index (κ2) is 5.12. The van der Waals surface area contributed by atoms with Crippen LogP contribution in [0.4, 0.5) is 0 Å². The number of benzene rings is 1. The molecule has 0 amide bonds. The molecule has 2 N–H and O–H groups in total. The molecule has 1 aromatic rings. The Labute approximate surface area is 96.6 Å². The summed E-state index contributed by atoms with van der Waals surface area (Å²) in [5, 5.41) is 0. The van der Waals surface area contributed by atoms with Crippen LogP contribution in [0.25, 0.3) is 0 Å². The molecule has 0 saturated carbocycles. The van der Waals surface area contributed by atoms with Crippen molar-refractivity contribution in [1.29, 1.82) is 0 Å². The zero-order valence-corrected chi connectivity index (χ0v) is 10.1. The van der Waals surface area contributed by atoms with Gasteiger partial charge in [-0.2, -0.15) is 0 Å². The minimum absolute atomic E-state index is 0.323. The highest BCUT2D eigenvalue weighted by Crippen LogP contribution is 2.27. The van der Waals surface area contributed by atoms with Crippen LogP contribution in [-0.4, -0.2) is 13.1 Å². The zero-order valence-electron chi connectivity index (χ0n) is 10.1. The monoisotopic (exact) mass is 221 g/mol. The summed E-state index contributed by atoms with van der Waals surface area (Å²) >= 11 is 0. The second-order valence-electron chi connectivity index (χ2n) is 4.43. The molecule has 0 bridgehead atoms. The van der Waals surface area contributed by atoms with Gasteiger partial charge in [0.05, 0.1) is 7.11 Å². The summed E-state index contributed by atoms with van der Waals surface area (Å²) in [6.07, 6.45) is 0.573. The summed E-state index contributed by atoms with van der Waals surface area (Å²) < 4.78 is 4.81. The Morgan fingerprint density at radius 3 is 2.38 bits per heavy atom. The summed E-state index contributed by atoms with van der Waals surface area (Å²) in [5.41, 5.74) is 5.96. The van der Waals surface area contributed by atoms with E-state index in [0.717, 1.165) is 5.56 Å². The average Bonchev–Trinajstić information content (AvgIpc) is 2.28. The maximum absolute atomic E-state index is 11.8. The normalized spacial score (nSPS) is 14.6. The van der Waals surface area contributed by atoms with Crippen molar-refractivity contribution in [3.8, 4) is 0 Å². The first-order valence-electron chi connectivity index (χ1n) is 5.43. The van der Waals surface area contributed by atoms with E-state index in [1.807, 2.05) is 44.2 Å². The van der Waals surface area contributed by atoms with E-state index < -0.39 is 5.54 Å². The van der Waals surface area contributed by atoms with Crippen molar-refractivity contribution in [1.82, 2.24) is 0 Å². The number of methoxy groups -OCH3 is 1. The van der Waals surface area contributed by atoms with Gasteiger partial charge in [0.1, 0.15) is 5.54 Å². The number of carbonyl (C=O) groups is 1. The minimum Gasteiger partial charge on any atom is -0.467 e. The van der Waals surface area contributed by atoms with Gasteiger partial charge in [-0.05, 0) is 17.9 Å².